The zero-order chi connectivity index (χ0) is 9.68. The molecule has 0 aromatic heterocycles. The van der Waals surface area contributed by atoms with Gasteiger partial charge in [0.15, 0.2) is 0 Å². The normalized spacial score (nSPS) is 29.9. The summed E-state index contributed by atoms with van der Waals surface area (Å²) in [4.78, 5) is 0. The fourth-order valence-corrected chi connectivity index (χ4v) is 2.30. The van der Waals surface area contributed by atoms with Crippen molar-refractivity contribution in [3.05, 3.63) is 0 Å². The van der Waals surface area contributed by atoms with E-state index >= 15 is 0 Å². The molecule has 0 radical (unpaired) electrons. The van der Waals surface area contributed by atoms with E-state index in [9.17, 15) is 5.11 Å². The minimum atomic E-state index is -0.146. The Kier molecular flexibility index (Phi) is 4.32. The molecule has 0 aliphatic heterocycles. The van der Waals surface area contributed by atoms with Gasteiger partial charge in [0.1, 0.15) is 0 Å². The van der Waals surface area contributed by atoms with Crippen LogP contribution in [0.5, 0.6) is 0 Å². The molecular formula is C12H20O. The molecule has 1 rings (SSSR count). The highest BCUT2D eigenvalue weighted by molar-refractivity contribution is 4.87. The summed E-state index contributed by atoms with van der Waals surface area (Å²) < 4.78 is 0. The summed E-state index contributed by atoms with van der Waals surface area (Å²) in [5, 5.41) is 9.80. The zero-order valence-electron chi connectivity index (χ0n) is 8.50. The Morgan fingerprint density at radius 2 is 2.31 bits per heavy atom. The van der Waals surface area contributed by atoms with E-state index in [4.69, 9.17) is 6.42 Å². The third kappa shape index (κ3) is 3.04. The Morgan fingerprint density at radius 3 is 2.85 bits per heavy atom. The lowest BCUT2D eigenvalue weighted by Crippen LogP contribution is -2.17. The van der Waals surface area contributed by atoms with Gasteiger partial charge >= 0.3 is 0 Å². The summed E-state index contributed by atoms with van der Waals surface area (Å²) >= 11 is 0. The van der Waals surface area contributed by atoms with Crippen LogP contribution in [0, 0.1) is 24.2 Å². The van der Waals surface area contributed by atoms with Crippen molar-refractivity contribution in [1.82, 2.24) is 0 Å². The number of aliphatic hydroxyl groups is 1. The average Bonchev–Trinajstić information content (AvgIpc) is 2.62. The van der Waals surface area contributed by atoms with Crippen molar-refractivity contribution < 1.29 is 5.11 Å². The summed E-state index contributed by atoms with van der Waals surface area (Å²) in [6.45, 7) is 2.24. The van der Waals surface area contributed by atoms with Gasteiger partial charge in [-0.05, 0) is 31.1 Å². The van der Waals surface area contributed by atoms with E-state index in [0.717, 1.165) is 12.3 Å². The molecule has 1 aliphatic rings. The highest BCUT2D eigenvalue weighted by Gasteiger charge is 2.28. The van der Waals surface area contributed by atoms with Crippen LogP contribution in [-0.2, 0) is 0 Å². The van der Waals surface area contributed by atoms with Crippen LogP contribution in [0.4, 0.5) is 0 Å². The molecule has 0 saturated heterocycles. The minimum Gasteiger partial charge on any atom is -0.393 e. The first-order valence-electron chi connectivity index (χ1n) is 5.39. The van der Waals surface area contributed by atoms with Crippen LogP contribution < -0.4 is 0 Å². The molecule has 1 N–H and O–H groups in total. The van der Waals surface area contributed by atoms with Gasteiger partial charge in [0.05, 0.1) is 6.10 Å². The Bertz CT molecular complexity index is 180. The van der Waals surface area contributed by atoms with Crippen LogP contribution in [0.1, 0.15) is 45.4 Å². The molecule has 0 aromatic rings. The SMILES string of the molecule is C#CCCC(O)C1CCC(CC)C1. The smallest absolute Gasteiger partial charge is 0.0577 e. The van der Waals surface area contributed by atoms with Gasteiger partial charge in [0.25, 0.3) is 0 Å². The van der Waals surface area contributed by atoms with Gasteiger partial charge in [-0.1, -0.05) is 19.8 Å². The Labute approximate surface area is 81.5 Å². The molecule has 74 valence electrons. The van der Waals surface area contributed by atoms with E-state index in [1.807, 2.05) is 0 Å². The molecular weight excluding hydrogens is 160 g/mol. The van der Waals surface area contributed by atoms with E-state index in [1.165, 1.54) is 25.7 Å². The molecule has 1 aliphatic carbocycles. The molecule has 0 amide bonds. The van der Waals surface area contributed by atoms with E-state index in [0.29, 0.717) is 12.3 Å². The van der Waals surface area contributed by atoms with Crippen LogP contribution >= 0.6 is 0 Å². The zero-order valence-corrected chi connectivity index (χ0v) is 8.50. The second-order valence-corrected chi connectivity index (χ2v) is 4.16. The van der Waals surface area contributed by atoms with Gasteiger partial charge in [0.2, 0.25) is 0 Å². The van der Waals surface area contributed by atoms with E-state index in [2.05, 4.69) is 12.8 Å². The lowest BCUT2D eigenvalue weighted by Gasteiger charge is -2.16. The molecule has 1 heteroatoms. The fraction of sp³-hybridized carbons (Fsp3) is 0.833. The van der Waals surface area contributed by atoms with Crippen LogP contribution in [0.2, 0.25) is 0 Å². The molecule has 0 aromatic carbocycles. The second-order valence-electron chi connectivity index (χ2n) is 4.16. The van der Waals surface area contributed by atoms with Crippen molar-refractivity contribution in [2.24, 2.45) is 11.8 Å². The van der Waals surface area contributed by atoms with Gasteiger partial charge in [0, 0.05) is 6.42 Å². The predicted octanol–water partition coefficient (Wildman–Crippen LogP) is 2.59. The van der Waals surface area contributed by atoms with Crippen molar-refractivity contribution >= 4 is 0 Å². The third-order valence-electron chi connectivity index (χ3n) is 3.29. The molecule has 3 atom stereocenters. The number of rotatable bonds is 4. The van der Waals surface area contributed by atoms with E-state index in [1.54, 1.807) is 0 Å². The first kappa shape index (κ1) is 10.6. The monoisotopic (exact) mass is 180 g/mol. The first-order valence-corrected chi connectivity index (χ1v) is 5.39. The maximum atomic E-state index is 9.80. The lowest BCUT2D eigenvalue weighted by molar-refractivity contribution is 0.101. The number of terminal acetylenes is 1. The van der Waals surface area contributed by atoms with Gasteiger partial charge in [-0.2, -0.15) is 0 Å². The fourth-order valence-electron chi connectivity index (χ4n) is 2.30. The largest absolute Gasteiger partial charge is 0.393 e. The first-order chi connectivity index (χ1) is 6.27. The predicted molar refractivity (Wildman–Crippen MR) is 55.2 cm³/mol. The van der Waals surface area contributed by atoms with E-state index < -0.39 is 0 Å². The standard InChI is InChI=1S/C12H20O/c1-3-5-6-12(13)11-8-7-10(4-2)9-11/h1,10-13H,4-9H2,2H3. The van der Waals surface area contributed by atoms with Gasteiger partial charge in [-0.15, -0.1) is 12.3 Å². The Morgan fingerprint density at radius 1 is 1.54 bits per heavy atom. The third-order valence-corrected chi connectivity index (χ3v) is 3.29. The minimum absolute atomic E-state index is 0.146. The quantitative estimate of drug-likeness (QED) is 0.659. The topological polar surface area (TPSA) is 20.2 Å². The molecule has 1 saturated carbocycles. The summed E-state index contributed by atoms with van der Waals surface area (Å²) in [5.74, 6) is 3.97. The Balaban J connectivity index is 2.25. The summed E-state index contributed by atoms with van der Waals surface area (Å²) in [7, 11) is 0. The van der Waals surface area contributed by atoms with Crippen LogP contribution in [0.25, 0.3) is 0 Å². The van der Waals surface area contributed by atoms with Crippen molar-refractivity contribution in [1.29, 1.82) is 0 Å². The molecule has 1 nitrogen and oxygen atoms in total. The molecule has 3 unspecified atom stereocenters. The van der Waals surface area contributed by atoms with Crippen molar-refractivity contribution in [2.45, 2.75) is 51.6 Å². The second kappa shape index (κ2) is 5.29. The number of hydrogen-bond donors (Lipinski definition) is 1. The van der Waals surface area contributed by atoms with Crippen LogP contribution in [0.15, 0.2) is 0 Å². The summed E-state index contributed by atoms with van der Waals surface area (Å²) in [6.07, 6.45) is 11.5. The number of aliphatic hydroxyl groups excluding tert-OH is 1. The molecule has 0 heterocycles. The maximum absolute atomic E-state index is 9.80. The highest BCUT2D eigenvalue weighted by atomic mass is 16.3. The van der Waals surface area contributed by atoms with Crippen LogP contribution in [-0.4, -0.2) is 11.2 Å². The van der Waals surface area contributed by atoms with Gasteiger partial charge in [-0.3, -0.25) is 0 Å². The van der Waals surface area contributed by atoms with Gasteiger partial charge in [-0.25, -0.2) is 0 Å². The molecule has 0 spiro atoms. The average molecular weight is 180 g/mol. The summed E-state index contributed by atoms with van der Waals surface area (Å²) in [6, 6.07) is 0. The molecule has 13 heavy (non-hydrogen) atoms. The lowest BCUT2D eigenvalue weighted by atomic mass is 9.95. The molecule has 0 bridgehead atoms. The van der Waals surface area contributed by atoms with Gasteiger partial charge < -0.3 is 5.11 Å². The van der Waals surface area contributed by atoms with E-state index in [-0.39, 0.29) is 6.10 Å². The molecule has 1 fully saturated rings. The van der Waals surface area contributed by atoms with Crippen molar-refractivity contribution in [3.8, 4) is 12.3 Å². The van der Waals surface area contributed by atoms with Crippen LogP contribution in [0.3, 0.4) is 0 Å². The van der Waals surface area contributed by atoms with Crippen molar-refractivity contribution in [3.63, 3.8) is 0 Å². The summed E-state index contributed by atoms with van der Waals surface area (Å²) in [5.41, 5.74) is 0. The Hall–Kier alpha value is -0.480. The highest BCUT2D eigenvalue weighted by Crippen LogP contribution is 2.35. The maximum Gasteiger partial charge on any atom is 0.0577 e. The van der Waals surface area contributed by atoms with Crippen molar-refractivity contribution in [2.75, 3.05) is 0 Å². The number of hydrogen-bond acceptors (Lipinski definition) is 1.